The quantitative estimate of drug-likeness (QED) is 0.458. The Kier molecular flexibility index (Phi) is 6.41. The summed E-state index contributed by atoms with van der Waals surface area (Å²) in [6.07, 6.45) is 2.21. The first-order chi connectivity index (χ1) is 14.9. The molecule has 0 bridgehead atoms. The Balaban J connectivity index is 2.39. The van der Waals surface area contributed by atoms with E-state index in [1.165, 1.54) is 29.7 Å². The standard InChI is InChI=1S/C21H21ClN2O6S2/c1-4-18(14-8-10-15(22)11-9-14)32(29,30)21-13(2)24(12-19(25)26)17-7-5-6-16(20(17)21)23-31(3,27)28/h4-11,18,23H,1,12H2,2-3H3,(H,25,26). The molecule has 1 unspecified atom stereocenters. The van der Waals surface area contributed by atoms with Crippen molar-refractivity contribution in [1.29, 1.82) is 0 Å². The van der Waals surface area contributed by atoms with Gasteiger partial charge in [0.25, 0.3) is 0 Å². The van der Waals surface area contributed by atoms with E-state index in [4.69, 9.17) is 11.6 Å². The molecule has 1 aromatic heterocycles. The van der Waals surface area contributed by atoms with Gasteiger partial charge in [-0.2, -0.15) is 0 Å². The van der Waals surface area contributed by atoms with Crippen LogP contribution in [0.1, 0.15) is 16.5 Å². The lowest BCUT2D eigenvalue weighted by molar-refractivity contribution is -0.137. The second-order valence-corrected chi connectivity index (χ2v) is 11.4. The van der Waals surface area contributed by atoms with Gasteiger partial charge in [-0.3, -0.25) is 9.52 Å². The maximum Gasteiger partial charge on any atom is 0.323 e. The zero-order valence-electron chi connectivity index (χ0n) is 17.2. The maximum atomic E-state index is 13.9. The predicted molar refractivity (Wildman–Crippen MR) is 124 cm³/mol. The van der Waals surface area contributed by atoms with Crippen molar-refractivity contribution in [1.82, 2.24) is 4.57 Å². The van der Waals surface area contributed by atoms with E-state index in [0.29, 0.717) is 10.6 Å². The van der Waals surface area contributed by atoms with Crippen LogP contribution in [-0.4, -0.2) is 38.7 Å². The molecule has 1 heterocycles. The fourth-order valence-corrected chi connectivity index (χ4v) is 6.42. The molecule has 0 fully saturated rings. The molecule has 3 aromatic rings. The molecule has 11 heteroatoms. The molecule has 170 valence electrons. The largest absolute Gasteiger partial charge is 0.480 e. The molecule has 2 N–H and O–H groups in total. The first kappa shape index (κ1) is 23.8. The van der Waals surface area contributed by atoms with Crippen molar-refractivity contribution >= 4 is 54.0 Å². The number of carboxylic acids is 1. The van der Waals surface area contributed by atoms with Gasteiger partial charge in [-0.1, -0.05) is 35.9 Å². The third-order valence-electron chi connectivity index (χ3n) is 4.91. The number of carbonyl (C=O) groups is 1. The molecule has 0 aliphatic carbocycles. The zero-order chi connectivity index (χ0) is 23.8. The number of rotatable bonds is 8. The molecular weight excluding hydrogens is 476 g/mol. The van der Waals surface area contributed by atoms with E-state index < -0.39 is 37.6 Å². The van der Waals surface area contributed by atoms with Crippen LogP contribution in [-0.2, 0) is 31.2 Å². The number of hydrogen-bond acceptors (Lipinski definition) is 5. The number of nitrogens with zero attached hydrogens (tertiary/aromatic N) is 1. The third-order valence-corrected chi connectivity index (χ3v) is 7.96. The summed E-state index contributed by atoms with van der Waals surface area (Å²) >= 11 is 5.93. The molecule has 0 aliphatic rings. The summed E-state index contributed by atoms with van der Waals surface area (Å²) in [5.41, 5.74) is 0.897. The Labute approximate surface area is 191 Å². The summed E-state index contributed by atoms with van der Waals surface area (Å²) in [6.45, 7) is 4.66. The average Bonchev–Trinajstić information content (AvgIpc) is 2.96. The first-order valence-electron chi connectivity index (χ1n) is 9.30. The molecule has 3 rings (SSSR count). The fraction of sp³-hybridized carbons (Fsp3) is 0.190. The van der Waals surface area contributed by atoms with Crippen molar-refractivity contribution < 1.29 is 26.7 Å². The first-order valence-corrected chi connectivity index (χ1v) is 13.1. The molecule has 0 aliphatic heterocycles. The number of halogens is 1. The number of anilines is 1. The van der Waals surface area contributed by atoms with Gasteiger partial charge in [-0.05, 0) is 36.8 Å². The van der Waals surface area contributed by atoms with Crippen LogP contribution in [0.15, 0.2) is 60.0 Å². The summed E-state index contributed by atoms with van der Waals surface area (Å²) < 4.78 is 55.2. The molecule has 0 radical (unpaired) electrons. The number of aliphatic carboxylic acids is 1. The van der Waals surface area contributed by atoms with Gasteiger partial charge < -0.3 is 9.67 Å². The Morgan fingerprint density at radius 3 is 2.34 bits per heavy atom. The number of fused-ring (bicyclic) bond motifs is 1. The lowest BCUT2D eigenvalue weighted by atomic mass is 10.1. The van der Waals surface area contributed by atoms with Crippen molar-refractivity contribution in [3.8, 4) is 0 Å². The number of aromatic nitrogens is 1. The highest BCUT2D eigenvalue weighted by atomic mass is 35.5. The van der Waals surface area contributed by atoms with Crippen LogP contribution in [0.25, 0.3) is 10.9 Å². The summed E-state index contributed by atoms with van der Waals surface area (Å²) in [4.78, 5) is 11.3. The molecule has 0 amide bonds. The van der Waals surface area contributed by atoms with Gasteiger partial charge in [0.05, 0.1) is 22.4 Å². The van der Waals surface area contributed by atoms with Gasteiger partial charge in [0, 0.05) is 16.1 Å². The maximum absolute atomic E-state index is 13.9. The third kappa shape index (κ3) is 4.52. The van der Waals surface area contributed by atoms with E-state index in [9.17, 15) is 26.7 Å². The van der Waals surface area contributed by atoms with Crippen molar-refractivity contribution in [3.05, 3.63) is 71.4 Å². The predicted octanol–water partition coefficient (Wildman–Crippen LogP) is 3.76. The highest BCUT2D eigenvalue weighted by Crippen LogP contribution is 2.41. The van der Waals surface area contributed by atoms with Crippen LogP contribution in [0.4, 0.5) is 5.69 Å². The second kappa shape index (κ2) is 8.61. The second-order valence-electron chi connectivity index (χ2n) is 7.22. The number of nitrogens with one attached hydrogen (secondary N) is 1. The van der Waals surface area contributed by atoms with E-state index in [0.717, 1.165) is 6.26 Å². The van der Waals surface area contributed by atoms with Gasteiger partial charge in [0.15, 0.2) is 9.84 Å². The van der Waals surface area contributed by atoms with Gasteiger partial charge in [0.1, 0.15) is 11.8 Å². The van der Waals surface area contributed by atoms with Crippen molar-refractivity contribution in [3.63, 3.8) is 0 Å². The Morgan fingerprint density at radius 2 is 1.81 bits per heavy atom. The summed E-state index contributed by atoms with van der Waals surface area (Å²) in [5.74, 6) is -1.17. The summed E-state index contributed by atoms with van der Waals surface area (Å²) in [5, 5.41) is 8.72. The molecule has 0 saturated carbocycles. The number of carboxylic acid groups (broad SMARTS) is 1. The molecular formula is C21H21ClN2O6S2. The normalized spacial score (nSPS) is 13.1. The minimum Gasteiger partial charge on any atom is -0.480 e. The van der Waals surface area contributed by atoms with Crippen molar-refractivity contribution in [2.45, 2.75) is 23.6 Å². The topological polar surface area (TPSA) is 123 Å². The van der Waals surface area contributed by atoms with Crippen LogP contribution in [0.3, 0.4) is 0 Å². The fourth-order valence-electron chi connectivity index (χ4n) is 3.68. The molecule has 0 spiro atoms. The zero-order valence-corrected chi connectivity index (χ0v) is 19.6. The van der Waals surface area contributed by atoms with Crippen LogP contribution in [0.2, 0.25) is 5.02 Å². The highest BCUT2D eigenvalue weighted by Gasteiger charge is 2.34. The van der Waals surface area contributed by atoms with Crippen LogP contribution >= 0.6 is 11.6 Å². The lowest BCUT2D eigenvalue weighted by Crippen LogP contribution is -2.15. The number of sulfonamides is 1. The molecule has 8 nitrogen and oxygen atoms in total. The van der Waals surface area contributed by atoms with Gasteiger partial charge in [-0.15, -0.1) is 6.58 Å². The minimum absolute atomic E-state index is 0.0368. The summed E-state index contributed by atoms with van der Waals surface area (Å²) in [6, 6.07) is 10.7. The Bertz CT molecular complexity index is 1430. The van der Waals surface area contributed by atoms with Gasteiger partial charge in [0.2, 0.25) is 10.0 Å². The van der Waals surface area contributed by atoms with Crippen molar-refractivity contribution in [2.24, 2.45) is 0 Å². The van der Waals surface area contributed by atoms with E-state index in [-0.39, 0.29) is 27.2 Å². The number of benzene rings is 2. The monoisotopic (exact) mass is 496 g/mol. The van der Waals surface area contributed by atoms with Crippen LogP contribution in [0, 0.1) is 6.92 Å². The Hall–Kier alpha value is -2.82. The SMILES string of the molecule is C=CC(c1ccc(Cl)cc1)S(=O)(=O)c1c(C)n(CC(=O)O)c2cccc(NS(C)(=O)=O)c12. The Morgan fingerprint density at radius 1 is 1.19 bits per heavy atom. The number of hydrogen-bond donors (Lipinski definition) is 2. The van der Waals surface area contributed by atoms with Crippen molar-refractivity contribution in [2.75, 3.05) is 11.0 Å². The lowest BCUT2D eigenvalue weighted by Gasteiger charge is -2.16. The molecule has 1 atom stereocenters. The van der Waals surface area contributed by atoms with E-state index in [2.05, 4.69) is 11.3 Å². The number of sulfone groups is 1. The smallest absolute Gasteiger partial charge is 0.323 e. The highest BCUT2D eigenvalue weighted by molar-refractivity contribution is 7.92. The van der Waals surface area contributed by atoms with E-state index in [1.807, 2.05) is 0 Å². The van der Waals surface area contributed by atoms with E-state index >= 15 is 0 Å². The van der Waals surface area contributed by atoms with Gasteiger partial charge >= 0.3 is 5.97 Å². The molecule has 0 saturated heterocycles. The molecule has 2 aromatic carbocycles. The van der Waals surface area contributed by atoms with Gasteiger partial charge in [-0.25, -0.2) is 16.8 Å². The van der Waals surface area contributed by atoms with Crippen LogP contribution < -0.4 is 4.72 Å². The average molecular weight is 497 g/mol. The minimum atomic E-state index is -4.18. The van der Waals surface area contributed by atoms with Crippen LogP contribution in [0.5, 0.6) is 0 Å². The summed E-state index contributed by atoms with van der Waals surface area (Å²) in [7, 11) is -7.92. The van der Waals surface area contributed by atoms with E-state index in [1.54, 1.807) is 30.3 Å². The molecule has 32 heavy (non-hydrogen) atoms.